The third kappa shape index (κ3) is 1.11. The van der Waals surface area contributed by atoms with Crippen LogP contribution in [0.15, 0.2) is 29.1 Å². The zero-order chi connectivity index (χ0) is 8.39. The Balaban J connectivity index is 2.27. The molecule has 0 aliphatic heterocycles. The molecular formula is C8H8N3O. The van der Waals surface area contributed by atoms with E-state index < -0.39 is 0 Å². The van der Waals surface area contributed by atoms with Crippen molar-refractivity contribution in [2.45, 2.75) is 6.92 Å². The molecule has 0 unspecified atom stereocenters. The van der Waals surface area contributed by atoms with E-state index in [1.165, 1.54) is 0 Å². The van der Waals surface area contributed by atoms with Crippen LogP contribution >= 0.6 is 0 Å². The van der Waals surface area contributed by atoms with Gasteiger partial charge in [0.2, 0.25) is 0 Å². The van der Waals surface area contributed by atoms with Gasteiger partial charge in [-0.25, -0.2) is 0 Å². The van der Waals surface area contributed by atoms with Crippen LogP contribution in [0.25, 0.3) is 0 Å². The predicted molar refractivity (Wildman–Crippen MR) is 42.2 cm³/mol. The standard InChI is InChI=1S/C8H8N3O/c1-6(7-2-4-9-10-7)8-3-5-12-11-8/h2-5H,1H3,(H,9,10). The van der Waals surface area contributed by atoms with Gasteiger partial charge in [-0.3, -0.25) is 5.10 Å². The van der Waals surface area contributed by atoms with Crippen LogP contribution in [0.5, 0.6) is 0 Å². The summed E-state index contributed by atoms with van der Waals surface area (Å²) in [5, 5.41) is 10.6. The zero-order valence-electron chi connectivity index (χ0n) is 6.61. The highest BCUT2D eigenvalue weighted by atomic mass is 16.5. The van der Waals surface area contributed by atoms with Crippen molar-refractivity contribution in [2.24, 2.45) is 0 Å². The van der Waals surface area contributed by atoms with Gasteiger partial charge < -0.3 is 4.52 Å². The molecule has 0 amide bonds. The van der Waals surface area contributed by atoms with Crippen molar-refractivity contribution in [3.8, 4) is 0 Å². The van der Waals surface area contributed by atoms with E-state index >= 15 is 0 Å². The van der Waals surface area contributed by atoms with E-state index in [0.29, 0.717) is 0 Å². The van der Waals surface area contributed by atoms with E-state index in [0.717, 1.165) is 17.3 Å². The SMILES string of the molecule is C[C](c1cc[nH]n1)c1ccon1. The van der Waals surface area contributed by atoms with Crippen molar-refractivity contribution in [1.29, 1.82) is 0 Å². The molecule has 2 rings (SSSR count). The largest absolute Gasteiger partial charge is 0.364 e. The summed E-state index contributed by atoms with van der Waals surface area (Å²) in [7, 11) is 0. The summed E-state index contributed by atoms with van der Waals surface area (Å²) in [6.07, 6.45) is 3.32. The third-order valence-electron chi connectivity index (χ3n) is 1.71. The molecule has 0 fully saturated rings. The van der Waals surface area contributed by atoms with Crippen molar-refractivity contribution in [2.75, 3.05) is 0 Å². The van der Waals surface area contributed by atoms with Crippen LogP contribution in [0.1, 0.15) is 18.3 Å². The number of hydrogen-bond donors (Lipinski definition) is 1. The summed E-state index contributed by atoms with van der Waals surface area (Å²) in [6, 6.07) is 3.70. The minimum Gasteiger partial charge on any atom is -0.364 e. The molecule has 4 heteroatoms. The fourth-order valence-electron chi connectivity index (χ4n) is 1.01. The molecule has 0 aliphatic rings. The van der Waals surface area contributed by atoms with Gasteiger partial charge in [0, 0.05) is 12.3 Å². The van der Waals surface area contributed by atoms with Gasteiger partial charge in [0.15, 0.2) is 0 Å². The number of aromatic amines is 1. The zero-order valence-corrected chi connectivity index (χ0v) is 6.61. The van der Waals surface area contributed by atoms with Gasteiger partial charge >= 0.3 is 0 Å². The second-order valence-electron chi connectivity index (χ2n) is 2.47. The molecule has 0 aliphatic carbocycles. The van der Waals surface area contributed by atoms with Crippen molar-refractivity contribution in [3.63, 3.8) is 0 Å². The second-order valence-corrected chi connectivity index (χ2v) is 2.47. The van der Waals surface area contributed by atoms with Crippen molar-refractivity contribution >= 4 is 0 Å². The summed E-state index contributed by atoms with van der Waals surface area (Å²) in [6.45, 7) is 1.95. The fraction of sp³-hybridized carbons (Fsp3) is 0.125. The summed E-state index contributed by atoms with van der Waals surface area (Å²) in [5.74, 6) is 1.00. The average Bonchev–Trinajstić information content (AvgIpc) is 2.77. The molecule has 0 saturated carbocycles. The lowest BCUT2D eigenvalue weighted by atomic mass is 10.1. The van der Waals surface area contributed by atoms with Gasteiger partial charge in [0.1, 0.15) is 6.26 Å². The van der Waals surface area contributed by atoms with E-state index in [-0.39, 0.29) is 0 Å². The van der Waals surface area contributed by atoms with Crippen LogP contribution in [-0.4, -0.2) is 15.4 Å². The topological polar surface area (TPSA) is 54.7 Å². The Kier molecular flexibility index (Phi) is 1.66. The summed E-state index contributed by atoms with van der Waals surface area (Å²) < 4.78 is 4.72. The van der Waals surface area contributed by atoms with Gasteiger partial charge in [-0.1, -0.05) is 5.16 Å². The Hall–Kier alpha value is -1.58. The molecular weight excluding hydrogens is 154 g/mol. The van der Waals surface area contributed by atoms with Gasteiger partial charge in [-0.2, -0.15) is 5.10 Å². The highest BCUT2D eigenvalue weighted by Crippen LogP contribution is 2.18. The van der Waals surface area contributed by atoms with E-state index in [2.05, 4.69) is 15.4 Å². The maximum atomic E-state index is 4.72. The van der Waals surface area contributed by atoms with Gasteiger partial charge in [0.05, 0.1) is 17.3 Å². The lowest BCUT2D eigenvalue weighted by Gasteiger charge is -2.00. The number of nitrogens with one attached hydrogen (secondary N) is 1. The minimum atomic E-state index is 0.821. The van der Waals surface area contributed by atoms with Crippen LogP contribution in [-0.2, 0) is 0 Å². The van der Waals surface area contributed by atoms with Gasteiger partial charge in [0.25, 0.3) is 0 Å². The fourth-order valence-corrected chi connectivity index (χ4v) is 1.01. The predicted octanol–water partition coefficient (Wildman–Crippen LogP) is 1.39. The molecule has 61 valence electrons. The Morgan fingerprint density at radius 2 is 2.33 bits per heavy atom. The molecule has 12 heavy (non-hydrogen) atoms. The molecule has 2 heterocycles. The molecule has 0 bridgehead atoms. The quantitative estimate of drug-likeness (QED) is 0.725. The highest BCUT2D eigenvalue weighted by molar-refractivity contribution is 5.34. The molecule has 0 aromatic carbocycles. The second kappa shape index (κ2) is 2.81. The summed E-state index contributed by atoms with van der Waals surface area (Å²) in [5.41, 5.74) is 1.71. The summed E-state index contributed by atoms with van der Waals surface area (Å²) in [4.78, 5) is 0. The maximum absolute atomic E-state index is 4.72. The molecule has 0 atom stereocenters. The number of aromatic nitrogens is 3. The van der Waals surface area contributed by atoms with E-state index in [9.17, 15) is 0 Å². The first-order valence-electron chi connectivity index (χ1n) is 3.62. The molecule has 2 aromatic heterocycles. The van der Waals surface area contributed by atoms with E-state index in [1.54, 1.807) is 12.5 Å². The lowest BCUT2D eigenvalue weighted by molar-refractivity contribution is 0.414. The average molecular weight is 162 g/mol. The highest BCUT2D eigenvalue weighted by Gasteiger charge is 2.13. The van der Waals surface area contributed by atoms with Crippen LogP contribution < -0.4 is 0 Å². The number of H-pyrrole nitrogens is 1. The van der Waals surface area contributed by atoms with Gasteiger partial charge in [-0.15, -0.1) is 0 Å². The Morgan fingerprint density at radius 3 is 2.92 bits per heavy atom. The Labute approximate surface area is 69.6 Å². The lowest BCUT2D eigenvalue weighted by Crippen LogP contribution is -1.97. The van der Waals surface area contributed by atoms with Crippen molar-refractivity contribution in [3.05, 3.63) is 41.9 Å². The van der Waals surface area contributed by atoms with Crippen molar-refractivity contribution < 1.29 is 4.52 Å². The first-order valence-corrected chi connectivity index (χ1v) is 3.62. The Morgan fingerprint density at radius 1 is 1.42 bits per heavy atom. The Bertz CT molecular complexity index is 291. The molecule has 2 aromatic rings. The molecule has 1 N–H and O–H groups in total. The third-order valence-corrected chi connectivity index (χ3v) is 1.71. The summed E-state index contributed by atoms with van der Waals surface area (Å²) >= 11 is 0. The van der Waals surface area contributed by atoms with E-state index in [1.807, 2.05) is 19.1 Å². The van der Waals surface area contributed by atoms with Crippen LogP contribution in [0, 0.1) is 5.92 Å². The van der Waals surface area contributed by atoms with Crippen LogP contribution in [0.2, 0.25) is 0 Å². The maximum Gasteiger partial charge on any atom is 0.124 e. The number of hydrogen-bond acceptors (Lipinski definition) is 3. The van der Waals surface area contributed by atoms with E-state index in [4.69, 9.17) is 4.52 Å². The monoisotopic (exact) mass is 162 g/mol. The first kappa shape index (κ1) is 7.09. The number of rotatable bonds is 2. The van der Waals surface area contributed by atoms with Crippen LogP contribution in [0.4, 0.5) is 0 Å². The van der Waals surface area contributed by atoms with Crippen molar-refractivity contribution in [1.82, 2.24) is 15.4 Å². The molecule has 1 radical (unpaired) electrons. The normalized spacial score (nSPS) is 10.8. The molecule has 0 saturated heterocycles. The smallest absolute Gasteiger partial charge is 0.124 e. The van der Waals surface area contributed by atoms with Crippen LogP contribution in [0.3, 0.4) is 0 Å². The number of nitrogens with zero attached hydrogens (tertiary/aromatic N) is 2. The molecule has 0 spiro atoms. The first-order chi connectivity index (χ1) is 5.88. The molecule has 4 nitrogen and oxygen atoms in total. The minimum absolute atomic E-state index is 0.821. The van der Waals surface area contributed by atoms with Gasteiger partial charge in [-0.05, 0) is 13.0 Å².